The summed E-state index contributed by atoms with van der Waals surface area (Å²) in [4.78, 5) is 23.1. The maximum atomic E-state index is 13.2. The largest absolute Gasteiger partial charge is 0.478 e. The molecule has 5 nitrogen and oxygen atoms in total. The molecule has 0 saturated heterocycles. The zero-order valence-corrected chi connectivity index (χ0v) is 10.9. The van der Waals surface area contributed by atoms with Crippen LogP contribution < -0.4 is 11.1 Å². The van der Waals surface area contributed by atoms with E-state index in [9.17, 15) is 14.0 Å². The molecule has 0 radical (unpaired) electrons. The summed E-state index contributed by atoms with van der Waals surface area (Å²) in [5.74, 6) is -2.53. The molecule has 0 fully saturated rings. The van der Waals surface area contributed by atoms with Gasteiger partial charge in [0.1, 0.15) is 11.9 Å². The first-order chi connectivity index (χ1) is 9.99. The Balaban J connectivity index is 2.24. The van der Waals surface area contributed by atoms with Crippen molar-refractivity contribution in [2.24, 2.45) is 5.73 Å². The van der Waals surface area contributed by atoms with Gasteiger partial charge in [0.15, 0.2) is 0 Å². The molecule has 0 aliphatic carbocycles. The molecule has 0 heterocycles. The predicted octanol–water partition coefficient (Wildman–Crippen LogP) is 2.16. The van der Waals surface area contributed by atoms with Crippen LogP contribution in [0.15, 0.2) is 48.5 Å². The smallest absolute Gasteiger partial charge is 0.337 e. The fraction of sp³-hybridized carbons (Fsp3) is 0.0667. The second-order valence-corrected chi connectivity index (χ2v) is 4.37. The summed E-state index contributed by atoms with van der Waals surface area (Å²) in [6.45, 7) is 0. The SMILES string of the molecule is N[C@@H](C(=O)Nc1cc(F)ccc1C(=O)O)c1ccccc1. The Morgan fingerprint density at radius 1 is 1.14 bits per heavy atom. The van der Waals surface area contributed by atoms with Crippen LogP contribution in [-0.4, -0.2) is 17.0 Å². The summed E-state index contributed by atoms with van der Waals surface area (Å²) < 4.78 is 13.2. The van der Waals surface area contributed by atoms with E-state index < -0.39 is 23.7 Å². The van der Waals surface area contributed by atoms with Crippen LogP contribution in [-0.2, 0) is 4.79 Å². The fourth-order valence-electron chi connectivity index (χ4n) is 1.83. The van der Waals surface area contributed by atoms with E-state index in [1.165, 1.54) is 0 Å². The van der Waals surface area contributed by atoms with Crippen LogP contribution in [0.4, 0.5) is 10.1 Å². The Labute approximate surface area is 120 Å². The molecule has 0 aliphatic rings. The van der Waals surface area contributed by atoms with Crippen molar-refractivity contribution in [2.45, 2.75) is 6.04 Å². The zero-order valence-electron chi connectivity index (χ0n) is 10.9. The Morgan fingerprint density at radius 2 is 1.81 bits per heavy atom. The Morgan fingerprint density at radius 3 is 2.43 bits per heavy atom. The van der Waals surface area contributed by atoms with Gasteiger partial charge in [-0.1, -0.05) is 30.3 Å². The van der Waals surface area contributed by atoms with E-state index in [-0.39, 0.29) is 11.3 Å². The number of anilines is 1. The quantitative estimate of drug-likeness (QED) is 0.803. The van der Waals surface area contributed by atoms with Crippen molar-refractivity contribution in [1.29, 1.82) is 0 Å². The summed E-state index contributed by atoms with van der Waals surface area (Å²) in [7, 11) is 0. The maximum absolute atomic E-state index is 13.2. The zero-order chi connectivity index (χ0) is 15.4. The lowest BCUT2D eigenvalue weighted by atomic mass is 10.1. The number of nitrogens with one attached hydrogen (secondary N) is 1. The molecule has 0 spiro atoms. The molecule has 2 aromatic rings. The van der Waals surface area contributed by atoms with Gasteiger partial charge < -0.3 is 16.2 Å². The Hall–Kier alpha value is -2.73. The molecule has 4 N–H and O–H groups in total. The number of halogens is 1. The lowest BCUT2D eigenvalue weighted by Crippen LogP contribution is -2.28. The molecule has 21 heavy (non-hydrogen) atoms. The van der Waals surface area contributed by atoms with Gasteiger partial charge in [0.2, 0.25) is 5.91 Å². The highest BCUT2D eigenvalue weighted by Crippen LogP contribution is 2.19. The third-order valence-electron chi connectivity index (χ3n) is 2.91. The molecule has 2 rings (SSSR count). The molecular formula is C15H13FN2O3. The number of hydrogen-bond acceptors (Lipinski definition) is 3. The topological polar surface area (TPSA) is 92.4 Å². The molecule has 0 bridgehead atoms. The van der Waals surface area contributed by atoms with E-state index in [1.807, 2.05) is 0 Å². The van der Waals surface area contributed by atoms with Crippen molar-refractivity contribution in [3.05, 3.63) is 65.5 Å². The van der Waals surface area contributed by atoms with Crippen molar-refractivity contribution in [3.8, 4) is 0 Å². The number of amides is 1. The number of rotatable bonds is 4. The van der Waals surface area contributed by atoms with Crippen molar-refractivity contribution >= 4 is 17.6 Å². The average molecular weight is 288 g/mol. The third kappa shape index (κ3) is 3.43. The highest BCUT2D eigenvalue weighted by molar-refractivity contribution is 6.02. The molecule has 0 saturated carbocycles. The van der Waals surface area contributed by atoms with Gasteiger partial charge in [0.05, 0.1) is 11.3 Å². The number of benzene rings is 2. The number of carboxylic acids is 1. The number of carbonyl (C=O) groups is 2. The summed E-state index contributed by atoms with van der Waals surface area (Å²) in [6, 6.07) is 10.7. The molecular weight excluding hydrogens is 275 g/mol. The Kier molecular flexibility index (Phi) is 4.30. The monoisotopic (exact) mass is 288 g/mol. The van der Waals surface area contributed by atoms with E-state index in [2.05, 4.69) is 5.32 Å². The second-order valence-electron chi connectivity index (χ2n) is 4.37. The summed E-state index contributed by atoms with van der Waals surface area (Å²) in [6.07, 6.45) is 0. The normalized spacial score (nSPS) is 11.7. The number of carbonyl (C=O) groups excluding carboxylic acids is 1. The van der Waals surface area contributed by atoms with Crippen LogP contribution in [0.2, 0.25) is 0 Å². The Bertz CT molecular complexity index is 674. The van der Waals surface area contributed by atoms with Gasteiger partial charge >= 0.3 is 5.97 Å². The minimum Gasteiger partial charge on any atom is -0.478 e. The van der Waals surface area contributed by atoms with E-state index >= 15 is 0 Å². The fourth-order valence-corrected chi connectivity index (χ4v) is 1.83. The third-order valence-corrected chi connectivity index (χ3v) is 2.91. The average Bonchev–Trinajstić information content (AvgIpc) is 2.47. The second kappa shape index (κ2) is 6.15. The van der Waals surface area contributed by atoms with E-state index in [0.717, 1.165) is 18.2 Å². The van der Waals surface area contributed by atoms with Gasteiger partial charge in [0, 0.05) is 0 Å². The first kappa shape index (κ1) is 14.7. The summed E-state index contributed by atoms with van der Waals surface area (Å²) in [5.41, 5.74) is 6.04. The molecule has 1 atom stereocenters. The first-order valence-corrected chi connectivity index (χ1v) is 6.13. The summed E-state index contributed by atoms with van der Waals surface area (Å²) >= 11 is 0. The molecule has 0 aliphatic heterocycles. The van der Waals surface area contributed by atoms with Crippen molar-refractivity contribution in [2.75, 3.05) is 5.32 Å². The van der Waals surface area contributed by atoms with Crippen LogP contribution in [0.5, 0.6) is 0 Å². The number of carboxylic acid groups (broad SMARTS) is 1. The predicted molar refractivity (Wildman–Crippen MR) is 75.4 cm³/mol. The van der Waals surface area contributed by atoms with E-state index in [1.54, 1.807) is 30.3 Å². The lowest BCUT2D eigenvalue weighted by Gasteiger charge is -2.14. The summed E-state index contributed by atoms with van der Waals surface area (Å²) in [5, 5.41) is 11.4. The van der Waals surface area contributed by atoms with Gasteiger partial charge in [-0.15, -0.1) is 0 Å². The minimum atomic E-state index is -1.27. The standard InChI is InChI=1S/C15H13FN2O3/c16-10-6-7-11(15(20)21)12(8-10)18-14(19)13(17)9-4-2-1-3-5-9/h1-8,13H,17H2,(H,18,19)(H,20,21)/t13-/m1/s1. The van der Waals surface area contributed by atoms with Crippen molar-refractivity contribution in [1.82, 2.24) is 0 Å². The lowest BCUT2D eigenvalue weighted by molar-refractivity contribution is -0.117. The van der Waals surface area contributed by atoms with Crippen LogP contribution in [0.3, 0.4) is 0 Å². The maximum Gasteiger partial charge on any atom is 0.337 e. The van der Waals surface area contributed by atoms with Gasteiger partial charge in [-0.2, -0.15) is 0 Å². The van der Waals surface area contributed by atoms with Crippen LogP contribution in [0.25, 0.3) is 0 Å². The van der Waals surface area contributed by atoms with Crippen molar-refractivity contribution < 1.29 is 19.1 Å². The van der Waals surface area contributed by atoms with Gasteiger partial charge in [-0.3, -0.25) is 4.79 Å². The highest BCUT2D eigenvalue weighted by Gasteiger charge is 2.19. The van der Waals surface area contributed by atoms with Gasteiger partial charge in [-0.05, 0) is 23.8 Å². The van der Waals surface area contributed by atoms with Crippen LogP contribution in [0, 0.1) is 5.82 Å². The van der Waals surface area contributed by atoms with Crippen LogP contribution >= 0.6 is 0 Å². The highest BCUT2D eigenvalue weighted by atomic mass is 19.1. The molecule has 1 amide bonds. The number of aromatic carboxylic acids is 1. The first-order valence-electron chi connectivity index (χ1n) is 6.13. The van der Waals surface area contributed by atoms with E-state index in [4.69, 9.17) is 10.8 Å². The molecule has 0 aromatic heterocycles. The molecule has 2 aromatic carbocycles. The number of nitrogens with two attached hydrogens (primary N) is 1. The molecule has 108 valence electrons. The van der Waals surface area contributed by atoms with E-state index in [0.29, 0.717) is 5.56 Å². The minimum absolute atomic E-state index is 0.126. The van der Waals surface area contributed by atoms with Gasteiger partial charge in [0.25, 0.3) is 0 Å². The molecule has 6 heteroatoms. The van der Waals surface area contributed by atoms with Crippen LogP contribution in [0.1, 0.15) is 22.0 Å². The van der Waals surface area contributed by atoms with Gasteiger partial charge in [-0.25, -0.2) is 9.18 Å². The number of hydrogen-bond donors (Lipinski definition) is 3. The molecule has 0 unspecified atom stereocenters. The van der Waals surface area contributed by atoms with Crippen molar-refractivity contribution in [3.63, 3.8) is 0 Å².